The van der Waals surface area contributed by atoms with Crippen molar-refractivity contribution in [3.05, 3.63) is 84.2 Å². The lowest BCUT2D eigenvalue weighted by atomic mass is 10.1. The van der Waals surface area contributed by atoms with Gasteiger partial charge in [0.1, 0.15) is 5.82 Å². The average molecular weight is 394 g/mol. The molecule has 0 aliphatic heterocycles. The fraction of sp³-hybridized carbons (Fsp3) is 0.174. The van der Waals surface area contributed by atoms with Gasteiger partial charge in [0.05, 0.1) is 7.11 Å². The molecule has 0 atom stereocenters. The van der Waals surface area contributed by atoms with Crippen LogP contribution in [-0.2, 0) is 11.2 Å². The second-order valence-electron chi connectivity index (χ2n) is 6.37. The Hall–Kier alpha value is -3.54. The molecule has 0 aliphatic carbocycles. The van der Waals surface area contributed by atoms with Gasteiger partial charge in [0.25, 0.3) is 5.91 Å². The highest BCUT2D eigenvalue weighted by atomic mass is 19.1. The first kappa shape index (κ1) is 20.2. The quantitative estimate of drug-likeness (QED) is 0.561. The number of ether oxygens (including phenoxy) is 2. The number of para-hydroxylation sites is 2. The Bertz CT molecular complexity index is 928. The Morgan fingerprint density at radius 3 is 2.24 bits per heavy atom. The van der Waals surface area contributed by atoms with E-state index >= 15 is 0 Å². The van der Waals surface area contributed by atoms with Gasteiger partial charge in [-0.25, -0.2) is 4.39 Å². The number of hydrogen-bond acceptors (Lipinski definition) is 4. The van der Waals surface area contributed by atoms with Gasteiger partial charge in [-0.3, -0.25) is 4.79 Å². The van der Waals surface area contributed by atoms with Crippen LogP contribution in [0.4, 0.5) is 15.8 Å². The molecule has 0 bridgehead atoms. The third-order valence-corrected chi connectivity index (χ3v) is 4.25. The zero-order chi connectivity index (χ0) is 20.5. The Morgan fingerprint density at radius 1 is 0.897 bits per heavy atom. The van der Waals surface area contributed by atoms with Crippen molar-refractivity contribution in [1.82, 2.24) is 0 Å². The van der Waals surface area contributed by atoms with E-state index in [-0.39, 0.29) is 18.3 Å². The Morgan fingerprint density at radius 2 is 1.55 bits per heavy atom. The Labute approximate surface area is 169 Å². The Kier molecular flexibility index (Phi) is 7.05. The van der Waals surface area contributed by atoms with Crippen molar-refractivity contribution in [1.29, 1.82) is 0 Å². The van der Waals surface area contributed by atoms with E-state index in [2.05, 4.69) is 10.6 Å². The van der Waals surface area contributed by atoms with Crippen molar-refractivity contribution in [3.8, 4) is 11.5 Å². The summed E-state index contributed by atoms with van der Waals surface area (Å²) < 4.78 is 23.6. The molecular formula is C23H23FN2O3. The maximum Gasteiger partial charge on any atom is 0.262 e. The van der Waals surface area contributed by atoms with Crippen molar-refractivity contribution in [2.24, 2.45) is 0 Å². The summed E-state index contributed by atoms with van der Waals surface area (Å²) in [6, 6.07) is 21.1. The van der Waals surface area contributed by atoms with Crippen LogP contribution in [0.2, 0.25) is 0 Å². The molecule has 1 amide bonds. The predicted octanol–water partition coefficient (Wildman–Crippen LogP) is 4.51. The van der Waals surface area contributed by atoms with Gasteiger partial charge < -0.3 is 20.1 Å². The summed E-state index contributed by atoms with van der Waals surface area (Å²) in [6.45, 7) is 0.613. The molecule has 6 heteroatoms. The third-order valence-electron chi connectivity index (χ3n) is 4.25. The van der Waals surface area contributed by atoms with Crippen LogP contribution in [0.15, 0.2) is 72.8 Å². The number of rotatable bonds is 9. The molecule has 0 spiro atoms. The molecule has 2 N–H and O–H groups in total. The van der Waals surface area contributed by atoms with Crippen LogP contribution in [-0.4, -0.2) is 26.2 Å². The normalized spacial score (nSPS) is 10.3. The number of halogens is 1. The van der Waals surface area contributed by atoms with Gasteiger partial charge in [0, 0.05) is 17.9 Å². The van der Waals surface area contributed by atoms with E-state index in [4.69, 9.17) is 9.47 Å². The average Bonchev–Trinajstić information content (AvgIpc) is 2.75. The molecule has 0 unspecified atom stereocenters. The van der Waals surface area contributed by atoms with Crippen LogP contribution < -0.4 is 20.1 Å². The summed E-state index contributed by atoms with van der Waals surface area (Å²) in [6.07, 6.45) is 0.791. The number of hydrogen-bond donors (Lipinski definition) is 2. The highest BCUT2D eigenvalue weighted by Gasteiger charge is 2.07. The first-order valence-corrected chi connectivity index (χ1v) is 9.28. The SMILES string of the molecule is COc1ccccc1OCC(=O)Nc1ccc(NCCc2ccc(F)cc2)cc1. The molecule has 0 saturated carbocycles. The van der Waals surface area contributed by atoms with Gasteiger partial charge in [-0.1, -0.05) is 24.3 Å². The minimum Gasteiger partial charge on any atom is -0.493 e. The maximum atomic E-state index is 12.9. The largest absolute Gasteiger partial charge is 0.493 e. The summed E-state index contributed by atoms with van der Waals surface area (Å²) in [5.74, 6) is 0.614. The highest BCUT2D eigenvalue weighted by Crippen LogP contribution is 2.25. The molecule has 5 nitrogen and oxygen atoms in total. The van der Waals surface area contributed by atoms with E-state index in [1.165, 1.54) is 12.1 Å². The lowest BCUT2D eigenvalue weighted by molar-refractivity contribution is -0.118. The highest BCUT2D eigenvalue weighted by molar-refractivity contribution is 5.92. The molecule has 3 rings (SSSR count). The van der Waals surface area contributed by atoms with Gasteiger partial charge in [-0.05, 0) is 60.5 Å². The first-order valence-electron chi connectivity index (χ1n) is 9.28. The summed E-state index contributed by atoms with van der Waals surface area (Å²) in [7, 11) is 1.55. The lowest BCUT2D eigenvalue weighted by Crippen LogP contribution is -2.20. The fourth-order valence-corrected chi connectivity index (χ4v) is 2.75. The first-order chi connectivity index (χ1) is 14.1. The second kappa shape index (κ2) is 10.1. The number of benzene rings is 3. The Balaban J connectivity index is 1.43. The lowest BCUT2D eigenvalue weighted by Gasteiger charge is -2.11. The molecule has 0 aliphatic rings. The fourth-order valence-electron chi connectivity index (χ4n) is 2.75. The molecular weight excluding hydrogens is 371 g/mol. The molecule has 150 valence electrons. The predicted molar refractivity (Wildman–Crippen MR) is 112 cm³/mol. The van der Waals surface area contributed by atoms with Gasteiger partial charge in [-0.15, -0.1) is 0 Å². The van der Waals surface area contributed by atoms with Crippen molar-refractivity contribution >= 4 is 17.3 Å². The number of amides is 1. The standard InChI is InChI=1S/C23H23FN2O3/c1-28-21-4-2-3-5-22(21)29-16-23(27)26-20-12-10-19(11-13-20)25-15-14-17-6-8-18(24)9-7-17/h2-13,25H,14-16H2,1H3,(H,26,27). The summed E-state index contributed by atoms with van der Waals surface area (Å²) in [5.41, 5.74) is 2.69. The summed E-state index contributed by atoms with van der Waals surface area (Å²) >= 11 is 0. The van der Waals surface area contributed by atoms with E-state index in [0.29, 0.717) is 17.2 Å². The molecule has 3 aromatic rings. The van der Waals surface area contributed by atoms with Crippen LogP contribution in [0.5, 0.6) is 11.5 Å². The number of nitrogens with one attached hydrogen (secondary N) is 2. The van der Waals surface area contributed by atoms with Crippen LogP contribution in [0.3, 0.4) is 0 Å². The van der Waals surface area contributed by atoms with Crippen LogP contribution >= 0.6 is 0 Å². The van der Waals surface area contributed by atoms with Crippen molar-refractivity contribution < 1.29 is 18.7 Å². The van der Waals surface area contributed by atoms with Crippen LogP contribution in [0, 0.1) is 5.82 Å². The van der Waals surface area contributed by atoms with Crippen LogP contribution in [0.1, 0.15) is 5.56 Å². The van der Waals surface area contributed by atoms with Gasteiger partial charge >= 0.3 is 0 Å². The van der Waals surface area contributed by atoms with Crippen LogP contribution in [0.25, 0.3) is 0 Å². The third kappa shape index (κ3) is 6.24. The summed E-state index contributed by atoms with van der Waals surface area (Å²) in [4.78, 5) is 12.1. The molecule has 0 saturated heterocycles. The van der Waals surface area contributed by atoms with E-state index in [1.54, 1.807) is 31.4 Å². The monoisotopic (exact) mass is 394 g/mol. The molecule has 3 aromatic carbocycles. The minimum atomic E-state index is -0.257. The van der Waals surface area contributed by atoms with Crippen molar-refractivity contribution in [2.45, 2.75) is 6.42 Å². The maximum absolute atomic E-state index is 12.9. The molecule has 0 fully saturated rings. The molecule has 29 heavy (non-hydrogen) atoms. The van der Waals surface area contributed by atoms with E-state index in [1.807, 2.05) is 36.4 Å². The van der Waals surface area contributed by atoms with Crippen molar-refractivity contribution in [2.75, 3.05) is 30.9 Å². The topological polar surface area (TPSA) is 59.6 Å². The number of carbonyl (C=O) groups excluding carboxylic acids is 1. The van der Waals surface area contributed by atoms with Gasteiger partial charge in [0.15, 0.2) is 18.1 Å². The zero-order valence-corrected chi connectivity index (χ0v) is 16.2. The number of methoxy groups -OCH3 is 1. The number of carbonyl (C=O) groups is 1. The van der Waals surface area contributed by atoms with Crippen molar-refractivity contribution in [3.63, 3.8) is 0 Å². The van der Waals surface area contributed by atoms with Gasteiger partial charge in [0.2, 0.25) is 0 Å². The number of anilines is 2. The zero-order valence-electron chi connectivity index (χ0n) is 16.2. The molecule has 0 aromatic heterocycles. The van der Waals surface area contributed by atoms with Gasteiger partial charge in [-0.2, -0.15) is 0 Å². The second-order valence-corrected chi connectivity index (χ2v) is 6.37. The minimum absolute atomic E-state index is 0.113. The summed E-state index contributed by atoms with van der Waals surface area (Å²) in [5, 5.41) is 6.10. The smallest absolute Gasteiger partial charge is 0.262 e. The molecule has 0 heterocycles. The molecule has 0 radical (unpaired) electrons. The van der Waals surface area contributed by atoms with E-state index < -0.39 is 0 Å². The van der Waals surface area contributed by atoms with E-state index in [9.17, 15) is 9.18 Å². The van der Waals surface area contributed by atoms with E-state index in [0.717, 1.165) is 24.2 Å².